The van der Waals surface area contributed by atoms with Gasteiger partial charge in [-0.15, -0.1) is 34.9 Å². The number of nitrogens with zero attached hydrogens (tertiary/aromatic N) is 5. The molecule has 304 valence electrons. The third kappa shape index (κ3) is 10.5. The van der Waals surface area contributed by atoms with Crippen LogP contribution in [0.1, 0.15) is 16.8 Å². The molecule has 3 heterocycles. The Bertz CT molecular complexity index is 2200. The van der Waals surface area contributed by atoms with Gasteiger partial charge in [0.05, 0.1) is 9.85 Å². The summed E-state index contributed by atoms with van der Waals surface area (Å²) in [5, 5.41) is 30.6. The van der Waals surface area contributed by atoms with Crippen LogP contribution < -0.4 is 10.6 Å². The van der Waals surface area contributed by atoms with Crippen molar-refractivity contribution in [2.45, 2.75) is 30.8 Å². The van der Waals surface area contributed by atoms with Crippen LogP contribution >= 0.6 is 34.9 Å². The number of β-lactam (4-membered cyclic amide) rings is 1. The number of ether oxygens (including phenoxy) is 2. The first kappa shape index (κ1) is 42.8. The first-order valence-electron chi connectivity index (χ1n) is 16.1. The number of benzene rings is 2. The molecule has 1 aromatic heterocycles. The van der Waals surface area contributed by atoms with Gasteiger partial charge in [-0.05, 0) is 46.4 Å². The number of fused-ring (bicyclic) bond motifs is 1. The van der Waals surface area contributed by atoms with Crippen molar-refractivity contribution in [2.75, 3.05) is 23.4 Å². The van der Waals surface area contributed by atoms with Gasteiger partial charge in [0.25, 0.3) is 23.2 Å². The fourth-order valence-electron chi connectivity index (χ4n) is 4.96. The van der Waals surface area contributed by atoms with Gasteiger partial charge in [0.15, 0.2) is 10.8 Å². The number of anilines is 1. The van der Waals surface area contributed by atoms with Gasteiger partial charge in [0.1, 0.15) is 36.0 Å². The molecular formula is C33H26F3N7O12S3. The summed E-state index contributed by atoms with van der Waals surface area (Å²) in [7, 11) is 0. The van der Waals surface area contributed by atoms with E-state index in [2.05, 4.69) is 22.0 Å². The maximum absolute atomic E-state index is 13.6. The lowest BCUT2D eigenvalue weighted by molar-refractivity contribution is -0.385. The summed E-state index contributed by atoms with van der Waals surface area (Å²) >= 11 is 2.93. The second-order valence-corrected chi connectivity index (χ2v) is 14.5. The van der Waals surface area contributed by atoms with Crippen molar-refractivity contribution in [3.05, 3.63) is 114 Å². The van der Waals surface area contributed by atoms with Crippen LogP contribution in [0.5, 0.6) is 0 Å². The number of rotatable bonds is 17. The van der Waals surface area contributed by atoms with Gasteiger partial charge < -0.3 is 19.6 Å². The largest absolute Gasteiger partial charge is 0.471 e. The number of non-ortho nitro benzene ring substituents is 2. The number of carbonyl (C=O) groups excluding carboxylic acids is 5. The van der Waals surface area contributed by atoms with E-state index in [4.69, 9.17) is 14.3 Å². The topological polar surface area (TPSA) is 252 Å². The predicted octanol–water partition coefficient (Wildman–Crippen LogP) is 4.20. The molecule has 0 aliphatic carbocycles. The monoisotopic (exact) mass is 865 g/mol. The van der Waals surface area contributed by atoms with Gasteiger partial charge >= 0.3 is 24.0 Å². The smallest absolute Gasteiger partial charge is 0.458 e. The molecule has 1 saturated heterocycles. The lowest BCUT2D eigenvalue weighted by Crippen LogP contribution is -2.71. The molecule has 2 aliphatic rings. The Balaban J connectivity index is 1.30. The van der Waals surface area contributed by atoms with Crippen molar-refractivity contribution in [3.63, 3.8) is 0 Å². The summed E-state index contributed by atoms with van der Waals surface area (Å²) in [6, 6.07) is 9.07. The number of thioether (sulfide) groups is 2. The molecule has 3 amide bonds. The summed E-state index contributed by atoms with van der Waals surface area (Å²) in [5.74, 6) is -5.66. The van der Waals surface area contributed by atoms with E-state index in [9.17, 15) is 57.4 Å². The summed E-state index contributed by atoms with van der Waals surface area (Å²) < 4.78 is 49.1. The van der Waals surface area contributed by atoms with E-state index in [1.165, 1.54) is 82.8 Å². The molecule has 3 aromatic rings. The Morgan fingerprint density at radius 2 is 1.62 bits per heavy atom. The van der Waals surface area contributed by atoms with Crippen LogP contribution in [0.25, 0.3) is 0 Å². The minimum absolute atomic E-state index is 0.0791. The molecule has 1 unspecified atom stereocenters. The van der Waals surface area contributed by atoms with Crippen molar-refractivity contribution in [1.29, 1.82) is 0 Å². The Morgan fingerprint density at radius 3 is 2.19 bits per heavy atom. The number of alkyl halides is 3. The number of aromatic nitrogens is 1. The average molecular weight is 866 g/mol. The van der Waals surface area contributed by atoms with Crippen LogP contribution in [-0.4, -0.2) is 90.8 Å². The SMILES string of the molecule is C=CSCC1=C(C(=O)OCc2ccc([N+](=O)[O-])cc2)N2C(=O)C(NC(=O)C(=NOCC(=O)OCc3ccc([N+](=O)[O-])cc3)c3csc(NC(=O)C(F)(F)F)n3)[C@H]2SC1. The van der Waals surface area contributed by atoms with E-state index < -0.39 is 80.2 Å². The number of thiazole rings is 1. The summed E-state index contributed by atoms with van der Waals surface area (Å²) in [6.07, 6.45) is -5.26. The minimum Gasteiger partial charge on any atom is -0.458 e. The second kappa shape index (κ2) is 18.7. The maximum Gasteiger partial charge on any atom is 0.471 e. The van der Waals surface area contributed by atoms with Crippen molar-refractivity contribution >= 4 is 86.7 Å². The first-order chi connectivity index (χ1) is 27.6. The molecule has 0 bridgehead atoms. The Hall–Kier alpha value is -6.34. The predicted molar refractivity (Wildman–Crippen MR) is 200 cm³/mol. The number of carbonyl (C=O) groups is 5. The van der Waals surface area contributed by atoms with Crippen LogP contribution in [-0.2, 0) is 51.5 Å². The average Bonchev–Trinajstić information content (AvgIpc) is 3.66. The Labute approximate surface area is 335 Å². The molecule has 1 fully saturated rings. The number of nitrogens with one attached hydrogen (secondary N) is 2. The van der Waals surface area contributed by atoms with Crippen LogP contribution in [0.15, 0.2) is 82.3 Å². The quantitative estimate of drug-likeness (QED) is 0.0634. The van der Waals surface area contributed by atoms with Gasteiger partial charge in [-0.2, -0.15) is 13.2 Å². The molecule has 58 heavy (non-hydrogen) atoms. The molecule has 2 N–H and O–H groups in total. The minimum atomic E-state index is -5.26. The standard InChI is InChI=1S/C33H26F3N7O12S3/c1-2-56-14-19-15-57-29-25(28(46)41(29)26(19)30(47)54-12-18-5-9-21(10-6-18)43(51)52)38-27(45)24(22-16-58-32(37-22)39-31(48)33(34,35)36)40-55-13-23(44)53-11-17-3-7-20(8-4-17)42(49)50/h2-10,16,25,29H,1,11-15H2,(H,38,45)(H,37,39,48)/t25?,29-/m1/s1. The van der Waals surface area contributed by atoms with E-state index >= 15 is 0 Å². The van der Waals surface area contributed by atoms with Crippen molar-refractivity contribution in [1.82, 2.24) is 15.2 Å². The van der Waals surface area contributed by atoms with Crippen LogP contribution in [0.3, 0.4) is 0 Å². The molecule has 25 heteroatoms. The van der Waals surface area contributed by atoms with Gasteiger partial charge in [-0.25, -0.2) is 14.6 Å². The highest BCUT2D eigenvalue weighted by Gasteiger charge is 2.54. The molecule has 0 spiro atoms. The molecule has 2 atom stereocenters. The van der Waals surface area contributed by atoms with Gasteiger partial charge in [0.2, 0.25) is 6.61 Å². The van der Waals surface area contributed by atoms with Crippen LogP contribution in [0.2, 0.25) is 0 Å². The zero-order valence-corrected chi connectivity index (χ0v) is 31.6. The van der Waals surface area contributed by atoms with Gasteiger partial charge in [-0.3, -0.25) is 44.8 Å². The van der Waals surface area contributed by atoms with Crippen molar-refractivity contribution < 1.29 is 61.3 Å². The van der Waals surface area contributed by atoms with E-state index in [1.54, 1.807) is 0 Å². The lowest BCUT2D eigenvalue weighted by atomic mass is 10.0. The Kier molecular flexibility index (Phi) is 13.8. The second-order valence-electron chi connectivity index (χ2n) is 11.6. The van der Waals surface area contributed by atoms with Crippen molar-refractivity contribution in [3.8, 4) is 0 Å². The number of hydrogen-bond donors (Lipinski definition) is 2. The first-order valence-corrected chi connectivity index (χ1v) is 19.1. The molecule has 0 saturated carbocycles. The number of nitro groups is 2. The normalized spacial score (nSPS) is 16.4. The zero-order chi connectivity index (χ0) is 42.1. The summed E-state index contributed by atoms with van der Waals surface area (Å²) in [4.78, 5) is 95.1. The molecule has 2 aromatic carbocycles. The fourth-order valence-corrected chi connectivity index (χ4v) is 7.69. The number of halogens is 3. The molecule has 19 nitrogen and oxygen atoms in total. The number of nitro benzene ring substituents is 2. The molecule has 2 aliphatic heterocycles. The summed E-state index contributed by atoms with van der Waals surface area (Å²) in [6.45, 7) is 2.14. The highest BCUT2D eigenvalue weighted by molar-refractivity contribution is 8.02. The van der Waals surface area contributed by atoms with E-state index in [0.29, 0.717) is 28.0 Å². The van der Waals surface area contributed by atoms with Gasteiger partial charge in [-0.1, -0.05) is 11.7 Å². The Morgan fingerprint density at radius 1 is 1.02 bits per heavy atom. The zero-order valence-electron chi connectivity index (χ0n) is 29.2. The highest BCUT2D eigenvalue weighted by Crippen LogP contribution is 2.41. The van der Waals surface area contributed by atoms with Crippen molar-refractivity contribution in [2.24, 2.45) is 5.16 Å². The van der Waals surface area contributed by atoms with E-state index in [0.717, 1.165) is 10.3 Å². The summed E-state index contributed by atoms with van der Waals surface area (Å²) in [5.41, 5.74) is -0.244. The molecular weight excluding hydrogens is 840 g/mol. The molecule has 5 rings (SSSR count). The van der Waals surface area contributed by atoms with Gasteiger partial charge in [0, 0.05) is 41.2 Å². The number of amides is 3. The third-order valence-electron chi connectivity index (χ3n) is 7.74. The lowest BCUT2D eigenvalue weighted by Gasteiger charge is -2.49. The van der Waals surface area contributed by atoms with Crippen LogP contribution in [0, 0.1) is 20.2 Å². The maximum atomic E-state index is 13.6. The third-order valence-corrected chi connectivity index (χ3v) is 10.6. The number of hydrogen-bond acceptors (Lipinski definition) is 17. The fraction of sp³-hybridized carbons (Fsp3) is 0.242. The molecule has 0 radical (unpaired) electrons. The number of oxime groups is 1. The highest BCUT2D eigenvalue weighted by atomic mass is 32.2. The van der Waals surface area contributed by atoms with Crippen LogP contribution in [0.4, 0.5) is 29.7 Å². The van der Waals surface area contributed by atoms with E-state index in [1.807, 2.05) is 0 Å². The van der Waals surface area contributed by atoms with E-state index in [-0.39, 0.29) is 41.8 Å². The number of esters is 2.